The maximum Gasteiger partial charge on any atom is 0.420 e. The van der Waals surface area contributed by atoms with E-state index in [2.05, 4.69) is 25.3 Å². The van der Waals surface area contributed by atoms with Gasteiger partial charge in [-0.2, -0.15) is 23.1 Å². The Labute approximate surface area is 242 Å². The number of nitrogen functional groups attached to an aromatic ring is 1. The number of nitrogens with two attached hydrogens (primary N) is 1. The van der Waals surface area contributed by atoms with Crippen LogP contribution in [0.2, 0.25) is 0 Å². The van der Waals surface area contributed by atoms with Gasteiger partial charge in [0, 0.05) is 43.5 Å². The molecule has 3 N–H and O–H groups in total. The number of halogens is 6. The third-order valence-electron chi connectivity index (χ3n) is 9.22. The minimum absolute atomic E-state index is 0.00921. The molecule has 0 amide bonds. The first-order valence-corrected chi connectivity index (χ1v) is 14.4. The van der Waals surface area contributed by atoms with Crippen molar-refractivity contribution in [3.05, 3.63) is 29.0 Å². The molecule has 4 fully saturated rings. The second-order valence-corrected chi connectivity index (χ2v) is 12.1. The minimum Gasteiger partial charge on any atom is -0.461 e. The first-order valence-electron chi connectivity index (χ1n) is 14.4. The van der Waals surface area contributed by atoms with Crippen molar-refractivity contribution in [2.24, 2.45) is 0 Å². The van der Waals surface area contributed by atoms with Gasteiger partial charge in [0.25, 0.3) is 0 Å². The van der Waals surface area contributed by atoms with Crippen molar-refractivity contribution in [3.8, 4) is 17.3 Å². The number of benzene rings is 1. The Kier molecular flexibility index (Phi) is 6.61. The molecule has 1 aromatic carbocycles. The van der Waals surface area contributed by atoms with Crippen molar-refractivity contribution >= 4 is 22.7 Å². The molecule has 3 aromatic rings. The zero-order valence-corrected chi connectivity index (χ0v) is 23.3. The summed E-state index contributed by atoms with van der Waals surface area (Å²) in [5.74, 6) is -2.97. The van der Waals surface area contributed by atoms with E-state index in [1.807, 2.05) is 9.80 Å². The van der Waals surface area contributed by atoms with Gasteiger partial charge in [-0.3, -0.25) is 4.90 Å². The van der Waals surface area contributed by atoms with Crippen molar-refractivity contribution in [3.63, 3.8) is 0 Å². The van der Waals surface area contributed by atoms with Crippen LogP contribution < -0.4 is 20.7 Å². The monoisotopic (exact) mass is 608 g/mol. The fourth-order valence-corrected chi connectivity index (χ4v) is 7.41. The van der Waals surface area contributed by atoms with Crippen LogP contribution in [-0.2, 0) is 6.18 Å². The smallest absolute Gasteiger partial charge is 0.420 e. The van der Waals surface area contributed by atoms with E-state index in [-0.39, 0.29) is 42.3 Å². The number of anilines is 2. The van der Waals surface area contributed by atoms with Gasteiger partial charge in [0.15, 0.2) is 5.82 Å². The largest absolute Gasteiger partial charge is 0.461 e. The normalized spacial score (nSPS) is 27.3. The summed E-state index contributed by atoms with van der Waals surface area (Å²) in [6, 6.07) is 1.01. The van der Waals surface area contributed by atoms with E-state index in [1.165, 1.54) is 0 Å². The molecular weight excluding hydrogens is 578 g/mol. The summed E-state index contributed by atoms with van der Waals surface area (Å²) in [5.41, 5.74) is 0.660. The summed E-state index contributed by atoms with van der Waals surface area (Å²) in [4.78, 5) is 20.0. The number of rotatable bonds is 5. The molecule has 6 heterocycles. The molecule has 2 aromatic heterocycles. The molecule has 4 atom stereocenters. The van der Waals surface area contributed by atoms with Crippen LogP contribution in [0.3, 0.4) is 0 Å². The Hall–Kier alpha value is -3.46. The molecule has 9 nitrogen and oxygen atoms in total. The minimum atomic E-state index is -5.02. The molecule has 15 heteroatoms. The number of piperazine rings is 1. The molecule has 2 bridgehead atoms. The highest BCUT2D eigenvalue weighted by Gasteiger charge is 2.49. The average molecular weight is 609 g/mol. The van der Waals surface area contributed by atoms with Crippen LogP contribution in [0.25, 0.3) is 22.2 Å². The van der Waals surface area contributed by atoms with Gasteiger partial charge in [-0.25, -0.2) is 23.1 Å². The van der Waals surface area contributed by atoms with Gasteiger partial charge >= 0.3 is 12.2 Å². The summed E-state index contributed by atoms with van der Waals surface area (Å²) in [6.07, 6.45) is -2.28. The van der Waals surface area contributed by atoms with E-state index in [9.17, 15) is 17.6 Å². The van der Waals surface area contributed by atoms with Crippen LogP contribution in [0.5, 0.6) is 6.01 Å². The molecule has 7 rings (SSSR count). The Balaban J connectivity index is 1.38. The molecule has 43 heavy (non-hydrogen) atoms. The van der Waals surface area contributed by atoms with Crippen LogP contribution in [0, 0.1) is 18.6 Å². The number of hydrogen-bond acceptors (Lipinski definition) is 9. The summed E-state index contributed by atoms with van der Waals surface area (Å²) in [7, 11) is 0. The van der Waals surface area contributed by atoms with E-state index in [0.717, 1.165) is 38.8 Å². The van der Waals surface area contributed by atoms with Gasteiger partial charge < -0.3 is 20.7 Å². The van der Waals surface area contributed by atoms with Crippen molar-refractivity contribution < 1.29 is 31.1 Å². The highest BCUT2D eigenvalue weighted by molar-refractivity contribution is 5.94. The number of fused-ring (bicyclic) bond motifs is 4. The van der Waals surface area contributed by atoms with Crippen LogP contribution in [0.1, 0.15) is 43.4 Å². The van der Waals surface area contributed by atoms with Crippen molar-refractivity contribution in [1.82, 2.24) is 30.2 Å². The predicted molar refractivity (Wildman–Crippen MR) is 145 cm³/mol. The third-order valence-corrected chi connectivity index (χ3v) is 9.22. The highest BCUT2D eigenvalue weighted by Crippen LogP contribution is 2.43. The van der Waals surface area contributed by atoms with Crippen LogP contribution in [0.4, 0.5) is 38.1 Å². The zero-order chi connectivity index (χ0) is 30.3. The topological polar surface area (TPSA) is 105 Å². The molecule has 0 saturated carbocycles. The van der Waals surface area contributed by atoms with Crippen LogP contribution in [0.15, 0.2) is 6.07 Å². The molecule has 4 saturated heterocycles. The van der Waals surface area contributed by atoms with E-state index < -0.39 is 63.5 Å². The van der Waals surface area contributed by atoms with Crippen LogP contribution >= 0.6 is 0 Å². The number of nitrogens with zero attached hydrogens (tertiary/aromatic N) is 6. The lowest BCUT2D eigenvalue weighted by atomic mass is 9.95. The van der Waals surface area contributed by atoms with Gasteiger partial charge in [-0.05, 0) is 45.2 Å². The third kappa shape index (κ3) is 4.80. The highest BCUT2D eigenvalue weighted by atomic mass is 19.4. The van der Waals surface area contributed by atoms with E-state index in [1.54, 1.807) is 0 Å². The predicted octanol–water partition coefficient (Wildman–Crippen LogP) is 4.17. The van der Waals surface area contributed by atoms with Crippen molar-refractivity contribution in [2.75, 3.05) is 43.4 Å². The number of ether oxygens (including phenoxy) is 1. The number of hydrogen-bond donors (Lipinski definition) is 2. The first-order chi connectivity index (χ1) is 20.4. The van der Waals surface area contributed by atoms with Crippen molar-refractivity contribution in [1.29, 1.82) is 0 Å². The van der Waals surface area contributed by atoms with E-state index in [4.69, 9.17) is 10.5 Å². The van der Waals surface area contributed by atoms with Crippen LogP contribution in [-0.4, -0.2) is 81.4 Å². The molecule has 0 unspecified atom stereocenters. The standard InChI is InChI=1S/C28H30F6N8O/c1-13-20(28(32,33)34)23(38-25(35)36-13)19-18(30)7-17-22(21(19)31)39-26(40-24(17)41-10-15-3-4-16(11-41)37-15)43-12-27-5-2-6-42(27)9-14(29)8-27/h7,14-16,37H,2-6,8-12H2,1H3,(H2,35,36,38)/t14-,15-,16+,27+/m1/s1. The molecule has 0 aliphatic carbocycles. The average Bonchev–Trinajstić information content (AvgIpc) is 3.56. The fraction of sp³-hybridized carbons (Fsp3) is 0.571. The van der Waals surface area contributed by atoms with Gasteiger partial charge in [-0.15, -0.1) is 0 Å². The lowest BCUT2D eigenvalue weighted by molar-refractivity contribution is -0.138. The Morgan fingerprint density at radius 3 is 2.56 bits per heavy atom. The van der Waals surface area contributed by atoms with Gasteiger partial charge in [0.05, 0.1) is 22.5 Å². The molecule has 0 spiro atoms. The molecule has 230 valence electrons. The Morgan fingerprint density at radius 2 is 1.84 bits per heavy atom. The number of aryl methyl sites for hydroxylation is 1. The van der Waals surface area contributed by atoms with Gasteiger partial charge in [0.2, 0.25) is 5.95 Å². The summed E-state index contributed by atoms with van der Waals surface area (Å²) >= 11 is 0. The van der Waals surface area contributed by atoms with Gasteiger partial charge in [-0.1, -0.05) is 0 Å². The van der Waals surface area contributed by atoms with E-state index >= 15 is 8.78 Å². The second-order valence-electron chi connectivity index (χ2n) is 12.1. The Bertz CT molecular complexity index is 1590. The Morgan fingerprint density at radius 1 is 1.09 bits per heavy atom. The second kappa shape index (κ2) is 10.0. The first kappa shape index (κ1) is 28.3. The number of aromatic nitrogens is 4. The molecule has 0 radical (unpaired) electrons. The number of nitrogens with one attached hydrogen (secondary N) is 1. The molecule has 4 aliphatic rings. The summed E-state index contributed by atoms with van der Waals surface area (Å²) < 4.78 is 94.8. The maximum atomic E-state index is 16.4. The lowest BCUT2D eigenvalue weighted by Gasteiger charge is -2.34. The summed E-state index contributed by atoms with van der Waals surface area (Å²) in [6.45, 7) is 3.15. The lowest BCUT2D eigenvalue weighted by Crippen LogP contribution is -2.51. The SMILES string of the molecule is Cc1nc(N)nc(-c2c(F)cc3c(N4C[C@H]5CC[C@@H](C4)N5)nc(OC[C@@]45CCCN4C[C@H](F)C5)nc3c2F)c1C(F)(F)F. The maximum absolute atomic E-state index is 16.4. The molecular formula is C28H30F6N8O. The quantitative estimate of drug-likeness (QED) is 0.413. The summed E-state index contributed by atoms with van der Waals surface area (Å²) in [5, 5.41) is 3.48. The fourth-order valence-electron chi connectivity index (χ4n) is 7.41. The molecule has 4 aliphatic heterocycles. The zero-order valence-electron chi connectivity index (χ0n) is 23.3. The van der Waals surface area contributed by atoms with Gasteiger partial charge in [0.1, 0.15) is 35.5 Å². The number of alkyl halides is 4. The van der Waals surface area contributed by atoms with Crippen molar-refractivity contribution in [2.45, 2.75) is 69.0 Å². The van der Waals surface area contributed by atoms with E-state index in [0.29, 0.717) is 26.1 Å².